The van der Waals surface area contributed by atoms with Crippen LogP contribution < -0.4 is 4.74 Å². The third-order valence-corrected chi connectivity index (χ3v) is 5.81. The number of Topliss-reactive ketones (excluding diaryl/α,β-unsaturated/α-hetero) is 1. The number of ketones is 1. The van der Waals surface area contributed by atoms with Gasteiger partial charge in [-0.1, -0.05) is 25.1 Å². The SMILES string of the molecule is Cc1ccc(CCC(=O)C(C)c2ccc(CCS(C)(=O)=O)c(F)c2)c(OC(C)C)n1. The molecule has 0 saturated carbocycles. The molecule has 0 aliphatic rings. The maximum atomic E-state index is 14.4. The molecular formula is C23H30FNO4S. The van der Waals surface area contributed by atoms with Crippen LogP contribution in [0.5, 0.6) is 5.88 Å². The lowest BCUT2D eigenvalue weighted by atomic mass is 9.92. The monoisotopic (exact) mass is 435 g/mol. The second-order valence-electron chi connectivity index (χ2n) is 8.00. The zero-order valence-electron chi connectivity index (χ0n) is 18.2. The van der Waals surface area contributed by atoms with Gasteiger partial charge in [0, 0.05) is 29.9 Å². The number of benzene rings is 1. The Hall–Kier alpha value is -2.28. The molecule has 0 N–H and O–H groups in total. The molecule has 0 bridgehead atoms. The molecule has 0 aliphatic carbocycles. The van der Waals surface area contributed by atoms with Gasteiger partial charge in [-0.2, -0.15) is 0 Å². The van der Waals surface area contributed by atoms with Crippen LogP contribution in [0.1, 0.15) is 55.5 Å². The van der Waals surface area contributed by atoms with Gasteiger partial charge >= 0.3 is 0 Å². The summed E-state index contributed by atoms with van der Waals surface area (Å²) >= 11 is 0. The normalized spacial score (nSPS) is 12.8. The summed E-state index contributed by atoms with van der Waals surface area (Å²) < 4.78 is 42.7. The van der Waals surface area contributed by atoms with Crippen molar-refractivity contribution in [1.29, 1.82) is 0 Å². The van der Waals surface area contributed by atoms with Crippen molar-refractivity contribution in [2.45, 2.75) is 59.0 Å². The molecule has 0 fully saturated rings. The molecule has 7 heteroatoms. The Balaban J connectivity index is 2.05. The zero-order chi connectivity index (χ0) is 22.5. The standard InChI is InChI=1S/C23H30FNO4S/c1-15(2)29-23-19(7-6-16(3)25-23)10-11-22(26)17(4)20-9-8-18(21(24)14-20)12-13-30(5,27)28/h6-9,14-15,17H,10-13H2,1-5H3. The summed E-state index contributed by atoms with van der Waals surface area (Å²) in [6, 6.07) is 8.41. The Morgan fingerprint density at radius 2 is 1.77 bits per heavy atom. The van der Waals surface area contributed by atoms with E-state index >= 15 is 0 Å². The third kappa shape index (κ3) is 7.20. The second kappa shape index (κ2) is 10.2. The van der Waals surface area contributed by atoms with Gasteiger partial charge in [0.1, 0.15) is 21.4 Å². The van der Waals surface area contributed by atoms with Crippen molar-refractivity contribution >= 4 is 15.6 Å². The second-order valence-corrected chi connectivity index (χ2v) is 10.3. The van der Waals surface area contributed by atoms with E-state index in [0.717, 1.165) is 17.5 Å². The molecule has 30 heavy (non-hydrogen) atoms. The minimum absolute atomic E-state index is 0.00522. The van der Waals surface area contributed by atoms with E-state index < -0.39 is 21.6 Å². The fraction of sp³-hybridized carbons (Fsp3) is 0.478. The van der Waals surface area contributed by atoms with Crippen LogP contribution in [0, 0.1) is 12.7 Å². The van der Waals surface area contributed by atoms with E-state index in [1.165, 1.54) is 6.07 Å². The van der Waals surface area contributed by atoms with Gasteiger partial charge in [-0.15, -0.1) is 0 Å². The lowest BCUT2D eigenvalue weighted by Crippen LogP contribution is -2.13. The highest BCUT2D eigenvalue weighted by atomic mass is 32.2. The van der Waals surface area contributed by atoms with E-state index in [-0.39, 0.29) is 30.5 Å². The number of halogens is 1. The Kier molecular flexibility index (Phi) is 8.12. The van der Waals surface area contributed by atoms with Crippen LogP contribution in [0.15, 0.2) is 30.3 Å². The molecule has 164 valence electrons. The molecule has 2 rings (SSSR count). The number of aryl methyl sites for hydroxylation is 3. The first-order valence-corrected chi connectivity index (χ1v) is 12.1. The van der Waals surface area contributed by atoms with Gasteiger partial charge < -0.3 is 4.74 Å². The van der Waals surface area contributed by atoms with Gasteiger partial charge in [0.25, 0.3) is 0 Å². The van der Waals surface area contributed by atoms with Crippen LogP contribution in [-0.2, 0) is 27.5 Å². The molecule has 0 amide bonds. The average Bonchev–Trinajstić information content (AvgIpc) is 2.64. The first-order chi connectivity index (χ1) is 14.0. The van der Waals surface area contributed by atoms with E-state index in [9.17, 15) is 17.6 Å². The van der Waals surface area contributed by atoms with Crippen LogP contribution in [-0.4, -0.2) is 37.3 Å². The molecule has 0 aliphatic heterocycles. The Morgan fingerprint density at radius 1 is 1.10 bits per heavy atom. The summed E-state index contributed by atoms with van der Waals surface area (Å²) in [6.45, 7) is 7.49. The first kappa shape index (κ1) is 24.0. The van der Waals surface area contributed by atoms with Gasteiger partial charge in [-0.25, -0.2) is 17.8 Å². The van der Waals surface area contributed by atoms with E-state index in [1.54, 1.807) is 19.1 Å². The molecule has 1 unspecified atom stereocenters. The number of hydrogen-bond acceptors (Lipinski definition) is 5. The number of carbonyl (C=O) groups is 1. The lowest BCUT2D eigenvalue weighted by Gasteiger charge is -2.15. The zero-order valence-corrected chi connectivity index (χ0v) is 19.1. The van der Waals surface area contributed by atoms with Crippen LogP contribution in [0.4, 0.5) is 4.39 Å². The molecule has 1 aromatic heterocycles. The highest BCUT2D eigenvalue weighted by Gasteiger charge is 2.18. The maximum absolute atomic E-state index is 14.4. The van der Waals surface area contributed by atoms with E-state index in [2.05, 4.69) is 4.98 Å². The van der Waals surface area contributed by atoms with Crippen LogP contribution in [0.2, 0.25) is 0 Å². The van der Waals surface area contributed by atoms with Crippen molar-refractivity contribution in [3.8, 4) is 5.88 Å². The number of nitrogens with zero attached hydrogens (tertiary/aromatic N) is 1. The number of rotatable bonds is 10. The molecular weight excluding hydrogens is 405 g/mol. The topological polar surface area (TPSA) is 73.3 Å². The van der Waals surface area contributed by atoms with Gasteiger partial charge in [0.05, 0.1) is 11.9 Å². The molecule has 1 atom stereocenters. The summed E-state index contributed by atoms with van der Waals surface area (Å²) in [5, 5.41) is 0. The number of carbonyl (C=O) groups excluding carboxylic acids is 1. The quantitative estimate of drug-likeness (QED) is 0.559. The fourth-order valence-electron chi connectivity index (χ4n) is 3.07. The first-order valence-electron chi connectivity index (χ1n) is 10.1. The van der Waals surface area contributed by atoms with Crippen molar-refractivity contribution in [2.24, 2.45) is 0 Å². The van der Waals surface area contributed by atoms with E-state index in [0.29, 0.717) is 23.4 Å². The van der Waals surface area contributed by atoms with Crippen molar-refractivity contribution in [3.05, 3.63) is 58.5 Å². The van der Waals surface area contributed by atoms with Crippen molar-refractivity contribution < 1.29 is 22.3 Å². The number of ether oxygens (including phenoxy) is 1. The summed E-state index contributed by atoms with van der Waals surface area (Å²) in [6.07, 6.45) is 2.01. The molecule has 5 nitrogen and oxygen atoms in total. The predicted octanol–water partition coefficient (Wildman–Crippen LogP) is 4.21. The molecule has 1 aromatic carbocycles. The van der Waals surface area contributed by atoms with E-state index in [1.807, 2.05) is 32.9 Å². The summed E-state index contributed by atoms with van der Waals surface area (Å²) in [5.41, 5.74) is 2.64. The minimum atomic E-state index is -3.16. The third-order valence-electron chi connectivity index (χ3n) is 4.87. The predicted molar refractivity (Wildman–Crippen MR) is 116 cm³/mol. The molecule has 0 spiro atoms. The van der Waals surface area contributed by atoms with Crippen molar-refractivity contribution in [2.75, 3.05) is 12.0 Å². The molecule has 2 aromatic rings. The fourth-order valence-corrected chi connectivity index (χ4v) is 3.66. The van der Waals surface area contributed by atoms with Crippen LogP contribution in [0.3, 0.4) is 0 Å². The maximum Gasteiger partial charge on any atom is 0.217 e. The van der Waals surface area contributed by atoms with Gasteiger partial charge in [-0.3, -0.25) is 4.79 Å². The Bertz CT molecular complexity index is 1000. The highest BCUT2D eigenvalue weighted by molar-refractivity contribution is 7.90. The van der Waals surface area contributed by atoms with Gasteiger partial charge in [0.15, 0.2) is 0 Å². The molecule has 1 heterocycles. The van der Waals surface area contributed by atoms with Gasteiger partial charge in [-0.05, 0) is 56.9 Å². The Labute approximate surface area is 178 Å². The number of pyridine rings is 1. The number of sulfone groups is 1. The average molecular weight is 436 g/mol. The van der Waals surface area contributed by atoms with Crippen molar-refractivity contribution in [3.63, 3.8) is 0 Å². The van der Waals surface area contributed by atoms with Crippen LogP contribution in [0.25, 0.3) is 0 Å². The summed E-state index contributed by atoms with van der Waals surface area (Å²) in [5.74, 6) is -0.507. The van der Waals surface area contributed by atoms with Crippen molar-refractivity contribution in [1.82, 2.24) is 4.98 Å². The Morgan fingerprint density at radius 3 is 2.37 bits per heavy atom. The van der Waals surface area contributed by atoms with Gasteiger partial charge in [0.2, 0.25) is 5.88 Å². The van der Waals surface area contributed by atoms with Crippen LogP contribution >= 0.6 is 0 Å². The smallest absolute Gasteiger partial charge is 0.217 e. The number of aromatic nitrogens is 1. The van der Waals surface area contributed by atoms with E-state index in [4.69, 9.17) is 4.74 Å². The summed E-state index contributed by atoms with van der Waals surface area (Å²) in [4.78, 5) is 17.1. The minimum Gasteiger partial charge on any atom is -0.475 e. The summed E-state index contributed by atoms with van der Waals surface area (Å²) in [7, 11) is -3.16. The number of hydrogen-bond donors (Lipinski definition) is 0. The lowest BCUT2D eigenvalue weighted by molar-refractivity contribution is -0.120. The largest absolute Gasteiger partial charge is 0.475 e. The molecule has 0 saturated heterocycles. The highest BCUT2D eigenvalue weighted by Crippen LogP contribution is 2.24. The molecule has 0 radical (unpaired) electrons.